The summed E-state index contributed by atoms with van der Waals surface area (Å²) >= 11 is -0.522. The summed E-state index contributed by atoms with van der Waals surface area (Å²) in [6.45, 7) is 0. The Morgan fingerprint density at radius 1 is 1.03 bits per heavy atom. The van der Waals surface area contributed by atoms with Gasteiger partial charge < -0.3 is 5.32 Å². The maximum absolute atomic E-state index is 13.8. The third-order valence-corrected chi connectivity index (χ3v) is 7.30. The van der Waals surface area contributed by atoms with E-state index in [1.807, 2.05) is 0 Å². The molecule has 0 unspecified atom stereocenters. The number of carbonyl (C=O) groups is 1. The van der Waals surface area contributed by atoms with Crippen molar-refractivity contribution >= 4 is 50.6 Å². The van der Waals surface area contributed by atoms with Gasteiger partial charge in [-0.1, -0.05) is 12.1 Å². The van der Waals surface area contributed by atoms with Gasteiger partial charge in [-0.2, -0.15) is 30.7 Å². The van der Waals surface area contributed by atoms with Gasteiger partial charge in [0.2, 0.25) is 5.91 Å². The number of para-hydroxylation sites is 1. The Hall–Kier alpha value is -2.53. The number of benzene rings is 2. The molecule has 1 amide bonds. The molecule has 0 spiro atoms. The average Bonchev–Trinajstić information content (AvgIpc) is 2.71. The summed E-state index contributed by atoms with van der Waals surface area (Å²) in [4.78, 5) is 21.4. The molecule has 2 aromatic carbocycles. The van der Waals surface area contributed by atoms with Gasteiger partial charge in [-0.05, 0) is 36.0 Å². The summed E-state index contributed by atoms with van der Waals surface area (Å²) in [6, 6.07) is 6.97. The second-order valence-corrected chi connectivity index (χ2v) is 10.9. The van der Waals surface area contributed by atoms with Crippen LogP contribution in [0.2, 0.25) is 0 Å². The summed E-state index contributed by atoms with van der Waals surface area (Å²) in [7, 11) is -3.77. The van der Waals surface area contributed by atoms with Gasteiger partial charge in [-0.25, -0.2) is 8.42 Å². The van der Waals surface area contributed by atoms with Gasteiger partial charge in [-0.3, -0.25) is 14.9 Å². The second kappa shape index (κ2) is 10.2. The quantitative estimate of drug-likeness (QED) is 0.182. The first-order valence-electron chi connectivity index (χ1n) is 8.88. The molecule has 0 bridgehead atoms. The van der Waals surface area contributed by atoms with Crippen LogP contribution in [0.4, 0.5) is 42.1 Å². The number of nitro benzene ring substituents is 1. The van der Waals surface area contributed by atoms with Gasteiger partial charge in [0.15, 0.2) is 9.84 Å². The number of halogens is 7. The maximum Gasteiger partial charge on any atom is 0.460 e. The van der Waals surface area contributed by atoms with Gasteiger partial charge in [0.1, 0.15) is 0 Å². The van der Waals surface area contributed by atoms with Crippen molar-refractivity contribution in [2.45, 2.75) is 32.0 Å². The summed E-state index contributed by atoms with van der Waals surface area (Å²) in [6.07, 6.45) is -5.70. The molecule has 0 aliphatic heterocycles. The molecule has 1 N–H and O–H groups in total. The number of nitrogens with zero attached hydrogens (tertiary/aromatic N) is 1. The molecule has 2 rings (SSSR count). The van der Waals surface area contributed by atoms with Crippen molar-refractivity contribution in [1.29, 1.82) is 0 Å². The summed E-state index contributed by atoms with van der Waals surface area (Å²) < 4.78 is 114. The largest absolute Gasteiger partial charge is 0.460 e. The van der Waals surface area contributed by atoms with E-state index in [0.717, 1.165) is 42.7 Å². The number of nitrogens with one attached hydrogen (secondary N) is 1. The number of rotatable bonds is 9. The number of anilines is 1. The number of alkyl halides is 7. The Bertz CT molecular complexity index is 1240. The minimum absolute atomic E-state index is 0.114. The zero-order chi connectivity index (χ0) is 26.8. The minimum atomic E-state index is -6.53. The number of hydrogen-bond acceptors (Lipinski definition) is 7. The Balaban J connectivity index is 2.20. The van der Waals surface area contributed by atoms with Crippen LogP contribution in [0.5, 0.6) is 0 Å². The number of thioether (sulfide) groups is 2. The Morgan fingerprint density at radius 2 is 1.63 bits per heavy atom. The fourth-order valence-electron chi connectivity index (χ4n) is 2.35. The lowest BCUT2D eigenvalue weighted by Crippen LogP contribution is -2.49. The fraction of sp³-hybridized carbons (Fsp3) is 0.278. The zero-order valence-corrected chi connectivity index (χ0v) is 19.6. The van der Waals surface area contributed by atoms with Crippen molar-refractivity contribution in [2.75, 3.05) is 17.3 Å². The maximum atomic E-state index is 13.8. The van der Waals surface area contributed by atoms with Crippen molar-refractivity contribution in [3.63, 3.8) is 0 Å². The van der Waals surface area contributed by atoms with Crippen molar-refractivity contribution in [2.24, 2.45) is 0 Å². The molecular weight excluding hydrogens is 553 g/mol. The average molecular weight is 566 g/mol. The van der Waals surface area contributed by atoms with Crippen LogP contribution in [0.3, 0.4) is 0 Å². The van der Waals surface area contributed by atoms with Crippen LogP contribution >= 0.6 is 23.5 Å². The number of sulfone groups is 1. The smallest absolute Gasteiger partial charge is 0.324 e. The van der Waals surface area contributed by atoms with Crippen LogP contribution < -0.4 is 5.32 Å². The van der Waals surface area contributed by atoms with Gasteiger partial charge in [-0.15, -0.1) is 11.8 Å². The standard InChI is InChI=1S/C18H13F7N2O5S3/c1-35(31,32)10-6-7-14(12(8-10)27(29)30)33-9-15(28)26-11-4-2-3-5-13(11)34-18(24,25)16(19,20)17(21,22)23/h2-8H,9H2,1H3,(H,26,28). The molecular formula is C18H13F7N2O5S3. The monoisotopic (exact) mass is 566 g/mol. The molecule has 0 saturated carbocycles. The Labute approximate surface area is 201 Å². The van der Waals surface area contributed by atoms with Gasteiger partial charge in [0.05, 0.1) is 26.2 Å². The van der Waals surface area contributed by atoms with E-state index in [4.69, 9.17) is 0 Å². The molecule has 0 aromatic heterocycles. The summed E-state index contributed by atoms with van der Waals surface area (Å²) in [5.74, 6) is -7.91. The first-order valence-corrected chi connectivity index (χ1v) is 12.6. The SMILES string of the molecule is CS(=O)(=O)c1ccc(SCC(=O)Nc2ccccc2SC(F)(F)C(F)(F)C(F)(F)F)c([N+](=O)[O-])c1. The summed E-state index contributed by atoms with van der Waals surface area (Å²) in [5.41, 5.74) is -1.13. The predicted molar refractivity (Wildman–Crippen MR) is 114 cm³/mol. The topological polar surface area (TPSA) is 106 Å². The molecule has 0 atom stereocenters. The first kappa shape index (κ1) is 28.7. The van der Waals surface area contributed by atoms with E-state index in [1.165, 1.54) is 6.07 Å². The third-order valence-electron chi connectivity index (χ3n) is 4.03. The lowest BCUT2D eigenvalue weighted by Gasteiger charge is -2.28. The lowest BCUT2D eigenvalue weighted by molar-refractivity contribution is -0.388. The van der Waals surface area contributed by atoms with Crippen LogP contribution in [0.25, 0.3) is 0 Å². The van der Waals surface area contributed by atoms with Gasteiger partial charge in [0, 0.05) is 17.2 Å². The van der Waals surface area contributed by atoms with E-state index in [1.54, 1.807) is 0 Å². The highest BCUT2D eigenvalue weighted by molar-refractivity contribution is 8.00. The number of carbonyl (C=O) groups excluding carboxylic acids is 1. The molecule has 0 radical (unpaired) electrons. The fourth-order valence-corrected chi connectivity index (χ4v) is 4.69. The zero-order valence-electron chi connectivity index (χ0n) is 17.1. The number of hydrogen-bond donors (Lipinski definition) is 1. The molecule has 17 heteroatoms. The van der Waals surface area contributed by atoms with Gasteiger partial charge in [0.25, 0.3) is 5.69 Å². The van der Waals surface area contributed by atoms with Crippen LogP contribution in [0.1, 0.15) is 0 Å². The second-order valence-electron chi connectivity index (χ2n) is 6.68. The predicted octanol–water partition coefficient (Wildman–Crippen LogP) is 5.61. The summed E-state index contributed by atoms with van der Waals surface area (Å²) in [5, 5.41) is 7.71. The van der Waals surface area contributed by atoms with Gasteiger partial charge >= 0.3 is 17.4 Å². The van der Waals surface area contributed by atoms with E-state index in [2.05, 4.69) is 5.32 Å². The van der Waals surface area contributed by atoms with Crippen molar-refractivity contribution in [3.05, 3.63) is 52.6 Å². The molecule has 0 heterocycles. The molecule has 2 aromatic rings. The number of amides is 1. The van der Waals surface area contributed by atoms with E-state index in [0.29, 0.717) is 11.8 Å². The van der Waals surface area contributed by atoms with Crippen LogP contribution in [0.15, 0.2) is 57.2 Å². The molecule has 35 heavy (non-hydrogen) atoms. The molecule has 0 saturated heterocycles. The Kier molecular flexibility index (Phi) is 8.38. The minimum Gasteiger partial charge on any atom is -0.324 e. The van der Waals surface area contributed by atoms with E-state index in [-0.39, 0.29) is 9.79 Å². The molecule has 0 fully saturated rings. The molecule has 0 aliphatic carbocycles. The van der Waals surface area contributed by atoms with Crippen molar-refractivity contribution < 1.29 is 48.9 Å². The van der Waals surface area contributed by atoms with Crippen molar-refractivity contribution in [1.82, 2.24) is 0 Å². The highest BCUT2D eigenvalue weighted by atomic mass is 32.2. The lowest BCUT2D eigenvalue weighted by atomic mass is 10.3. The van der Waals surface area contributed by atoms with Crippen LogP contribution in [-0.2, 0) is 14.6 Å². The third kappa shape index (κ3) is 6.78. The molecule has 0 aliphatic rings. The molecule has 7 nitrogen and oxygen atoms in total. The van der Waals surface area contributed by atoms with Crippen LogP contribution in [0, 0.1) is 10.1 Å². The van der Waals surface area contributed by atoms with Crippen LogP contribution in [-0.4, -0.2) is 48.6 Å². The van der Waals surface area contributed by atoms with Crippen molar-refractivity contribution in [3.8, 4) is 0 Å². The van der Waals surface area contributed by atoms with E-state index in [9.17, 15) is 54.1 Å². The Morgan fingerprint density at radius 3 is 2.17 bits per heavy atom. The highest BCUT2D eigenvalue weighted by Crippen LogP contribution is 2.54. The number of nitro groups is 1. The first-order chi connectivity index (χ1) is 15.9. The van der Waals surface area contributed by atoms with E-state index < -0.39 is 71.8 Å². The highest BCUT2D eigenvalue weighted by Gasteiger charge is 2.73. The normalized spacial score (nSPS) is 12.9. The molecule has 192 valence electrons. The van der Waals surface area contributed by atoms with E-state index >= 15 is 0 Å².